The molecule has 2 aliphatic rings. The van der Waals surface area contributed by atoms with Gasteiger partial charge in [0.05, 0.1) is 6.04 Å². The molecule has 1 heterocycles. The standard InChI is InChI=1S/C22H22N2S/c1-14-3-7-16(8-4-14)13-18-11-12-19-20(18)21(24-22(25)23-19)17-9-5-15(2)6-10-17/h3-10,13,21H,11-12H2,1-2H3,(H2,23,24,25)/b18-13+/t21-/m0/s1. The summed E-state index contributed by atoms with van der Waals surface area (Å²) in [7, 11) is 0. The lowest BCUT2D eigenvalue weighted by atomic mass is 9.91. The third kappa shape index (κ3) is 3.24. The number of rotatable bonds is 2. The fourth-order valence-electron chi connectivity index (χ4n) is 3.61. The molecule has 0 unspecified atom stereocenters. The minimum absolute atomic E-state index is 0.128. The summed E-state index contributed by atoms with van der Waals surface area (Å²) in [6.45, 7) is 4.24. The van der Waals surface area contributed by atoms with Crippen molar-refractivity contribution in [3.63, 3.8) is 0 Å². The second kappa shape index (κ2) is 6.49. The largest absolute Gasteiger partial charge is 0.351 e. The van der Waals surface area contributed by atoms with Gasteiger partial charge in [-0.1, -0.05) is 65.7 Å². The second-order valence-corrected chi connectivity index (χ2v) is 7.32. The van der Waals surface area contributed by atoms with Crippen molar-refractivity contribution in [1.29, 1.82) is 0 Å². The number of thiocarbonyl (C=S) groups is 1. The van der Waals surface area contributed by atoms with E-state index in [1.807, 2.05) is 0 Å². The fourth-order valence-corrected chi connectivity index (χ4v) is 3.85. The van der Waals surface area contributed by atoms with E-state index in [4.69, 9.17) is 12.2 Å². The van der Waals surface area contributed by atoms with Gasteiger partial charge < -0.3 is 10.6 Å². The molecule has 1 aliphatic carbocycles. The topological polar surface area (TPSA) is 24.1 Å². The zero-order valence-corrected chi connectivity index (χ0v) is 15.4. The van der Waals surface area contributed by atoms with Crippen LogP contribution < -0.4 is 10.6 Å². The van der Waals surface area contributed by atoms with Gasteiger partial charge >= 0.3 is 0 Å². The van der Waals surface area contributed by atoms with E-state index in [-0.39, 0.29) is 6.04 Å². The predicted octanol–water partition coefficient (Wildman–Crippen LogP) is 4.95. The van der Waals surface area contributed by atoms with E-state index in [0.29, 0.717) is 0 Å². The van der Waals surface area contributed by atoms with Crippen LogP contribution in [0.2, 0.25) is 0 Å². The first-order valence-electron chi connectivity index (χ1n) is 8.75. The number of nitrogens with one attached hydrogen (secondary N) is 2. The molecule has 126 valence electrons. The summed E-state index contributed by atoms with van der Waals surface area (Å²) < 4.78 is 0. The van der Waals surface area contributed by atoms with Crippen molar-refractivity contribution in [2.75, 3.05) is 0 Å². The van der Waals surface area contributed by atoms with Gasteiger partial charge in [0.1, 0.15) is 0 Å². The molecular weight excluding hydrogens is 324 g/mol. The maximum Gasteiger partial charge on any atom is 0.171 e. The van der Waals surface area contributed by atoms with Crippen molar-refractivity contribution in [2.24, 2.45) is 0 Å². The van der Waals surface area contributed by atoms with Crippen molar-refractivity contribution in [2.45, 2.75) is 32.7 Å². The quantitative estimate of drug-likeness (QED) is 0.752. The molecule has 25 heavy (non-hydrogen) atoms. The molecule has 4 rings (SSSR count). The van der Waals surface area contributed by atoms with E-state index in [1.165, 1.54) is 39.1 Å². The zero-order chi connectivity index (χ0) is 17.4. The van der Waals surface area contributed by atoms with Crippen molar-refractivity contribution in [3.8, 4) is 0 Å². The van der Waals surface area contributed by atoms with Crippen LogP contribution in [0.5, 0.6) is 0 Å². The van der Waals surface area contributed by atoms with Crippen molar-refractivity contribution < 1.29 is 0 Å². The predicted molar refractivity (Wildman–Crippen MR) is 108 cm³/mol. The monoisotopic (exact) mass is 346 g/mol. The number of hydrogen-bond donors (Lipinski definition) is 2. The summed E-state index contributed by atoms with van der Waals surface area (Å²) in [6.07, 6.45) is 4.40. The van der Waals surface area contributed by atoms with E-state index in [2.05, 4.69) is 79.1 Å². The van der Waals surface area contributed by atoms with E-state index in [1.54, 1.807) is 0 Å². The van der Waals surface area contributed by atoms with Crippen LogP contribution in [-0.4, -0.2) is 5.11 Å². The molecule has 0 spiro atoms. The first kappa shape index (κ1) is 16.1. The summed E-state index contributed by atoms with van der Waals surface area (Å²) in [5.74, 6) is 0. The molecule has 2 aromatic rings. The molecule has 1 aliphatic heterocycles. The Labute approximate surface area is 154 Å². The van der Waals surface area contributed by atoms with Crippen LogP contribution in [0.25, 0.3) is 6.08 Å². The second-order valence-electron chi connectivity index (χ2n) is 6.91. The van der Waals surface area contributed by atoms with Crippen LogP contribution >= 0.6 is 12.2 Å². The average molecular weight is 346 g/mol. The van der Waals surface area contributed by atoms with Crippen LogP contribution in [0.3, 0.4) is 0 Å². The molecular formula is C22H22N2S. The summed E-state index contributed by atoms with van der Waals surface area (Å²) in [6, 6.07) is 17.6. The Kier molecular flexibility index (Phi) is 4.18. The highest BCUT2D eigenvalue weighted by Crippen LogP contribution is 2.41. The lowest BCUT2D eigenvalue weighted by Gasteiger charge is -2.30. The van der Waals surface area contributed by atoms with Gasteiger partial charge in [0.2, 0.25) is 0 Å². The molecule has 0 bridgehead atoms. The van der Waals surface area contributed by atoms with Gasteiger partial charge in [0.15, 0.2) is 5.11 Å². The van der Waals surface area contributed by atoms with Crippen molar-refractivity contribution in [1.82, 2.24) is 10.6 Å². The number of aryl methyl sites for hydroxylation is 2. The third-order valence-electron chi connectivity index (χ3n) is 4.97. The molecule has 3 heteroatoms. The van der Waals surface area contributed by atoms with Gasteiger partial charge in [0.25, 0.3) is 0 Å². The van der Waals surface area contributed by atoms with E-state index in [9.17, 15) is 0 Å². The molecule has 0 radical (unpaired) electrons. The van der Waals surface area contributed by atoms with Crippen molar-refractivity contribution >= 4 is 23.4 Å². The van der Waals surface area contributed by atoms with Gasteiger partial charge in [-0.15, -0.1) is 0 Å². The Bertz CT molecular complexity index is 873. The average Bonchev–Trinajstić information content (AvgIpc) is 2.99. The van der Waals surface area contributed by atoms with Crippen LogP contribution in [-0.2, 0) is 0 Å². The van der Waals surface area contributed by atoms with Gasteiger partial charge in [-0.05, 0) is 55.6 Å². The summed E-state index contributed by atoms with van der Waals surface area (Å²) in [5, 5.41) is 7.57. The van der Waals surface area contributed by atoms with E-state index in [0.717, 1.165) is 18.0 Å². The highest BCUT2D eigenvalue weighted by atomic mass is 32.1. The molecule has 2 nitrogen and oxygen atoms in total. The van der Waals surface area contributed by atoms with Gasteiger partial charge in [-0.3, -0.25) is 0 Å². The van der Waals surface area contributed by atoms with Crippen LogP contribution in [0.1, 0.15) is 41.1 Å². The molecule has 0 amide bonds. The van der Waals surface area contributed by atoms with Gasteiger partial charge in [-0.2, -0.15) is 0 Å². The molecule has 1 atom stereocenters. The van der Waals surface area contributed by atoms with Crippen molar-refractivity contribution in [3.05, 3.63) is 87.6 Å². The van der Waals surface area contributed by atoms with Crippen LogP contribution in [0.4, 0.5) is 0 Å². The number of benzene rings is 2. The molecule has 2 aromatic carbocycles. The number of allylic oxidation sites excluding steroid dienone is 1. The minimum Gasteiger partial charge on any atom is -0.351 e. The Morgan fingerprint density at radius 3 is 2.24 bits per heavy atom. The highest BCUT2D eigenvalue weighted by Gasteiger charge is 2.32. The zero-order valence-electron chi connectivity index (χ0n) is 14.6. The maximum atomic E-state index is 5.44. The Hall–Kier alpha value is -2.39. The summed E-state index contributed by atoms with van der Waals surface area (Å²) >= 11 is 5.44. The minimum atomic E-state index is 0.128. The number of hydrogen-bond acceptors (Lipinski definition) is 1. The summed E-state index contributed by atoms with van der Waals surface area (Å²) in [5.41, 5.74) is 9.11. The Morgan fingerprint density at radius 2 is 1.56 bits per heavy atom. The van der Waals surface area contributed by atoms with E-state index >= 15 is 0 Å². The lowest BCUT2D eigenvalue weighted by molar-refractivity contribution is 0.707. The fraction of sp³-hybridized carbons (Fsp3) is 0.227. The van der Waals surface area contributed by atoms with Gasteiger partial charge in [-0.25, -0.2) is 0 Å². The summed E-state index contributed by atoms with van der Waals surface area (Å²) in [4.78, 5) is 0. The highest BCUT2D eigenvalue weighted by molar-refractivity contribution is 7.80. The maximum absolute atomic E-state index is 5.44. The molecule has 0 saturated carbocycles. The molecule has 0 saturated heterocycles. The van der Waals surface area contributed by atoms with Crippen LogP contribution in [0.15, 0.2) is 65.4 Å². The van der Waals surface area contributed by atoms with E-state index < -0.39 is 0 Å². The first-order chi connectivity index (χ1) is 12.1. The Morgan fingerprint density at radius 1 is 0.920 bits per heavy atom. The molecule has 2 N–H and O–H groups in total. The molecule has 0 aromatic heterocycles. The Balaban J connectivity index is 1.75. The lowest BCUT2D eigenvalue weighted by Crippen LogP contribution is -2.42. The SMILES string of the molecule is Cc1ccc(/C=C2\CCC3=C2[C@H](c2ccc(C)cc2)NC(=S)N3)cc1. The van der Waals surface area contributed by atoms with Gasteiger partial charge in [0, 0.05) is 11.3 Å². The molecule has 0 fully saturated rings. The smallest absolute Gasteiger partial charge is 0.171 e. The first-order valence-corrected chi connectivity index (χ1v) is 9.16. The van der Waals surface area contributed by atoms with Crippen LogP contribution in [0, 0.1) is 13.8 Å². The third-order valence-corrected chi connectivity index (χ3v) is 5.19. The normalized spacial score (nSPS) is 21.1.